The molecule has 0 bridgehead atoms. The predicted octanol–water partition coefficient (Wildman–Crippen LogP) is 1.77. The Labute approximate surface area is 99.6 Å². The highest BCUT2D eigenvalue weighted by Gasteiger charge is 2.38. The number of ether oxygens (including phenoxy) is 1. The normalized spacial score (nSPS) is 14.8. The Morgan fingerprint density at radius 3 is 2.88 bits per heavy atom. The van der Waals surface area contributed by atoms with Gasteiger partial charge in [0.15, 0.2) is 12.0 Å². The van der Waals surface area contributed by atoms with Crippen molar-refractivity contribution in [1.29, 1.82) is 0 Å². The Morgan fingerprint density at radius 1 is 1.65 bits per heavy atom. The third-order valence-corrected chi connectivity index (χ3v) is 2.61. The van der Waals surface area contributed by atoms with Crippen molar-refractivity contribution in [3.63, 3.8) is 0 Å². The standard InChI is InChI=1S/C8H6F3N3O2S/c1-16-3-5-13-14-4(2-15)6(8(9,10)11)12-7(14)17-5/h2H,3H2,1H3/i3D2. The van der Waals surface area contributed by atoms with Crippen LogP contribution in [0.4, 0.5) is 13.2 Å². The Bertz CT molecular complexity index is 637. The summed E-state index contributed by atoms with van der Waals surface area (Å²) in [6.07, 6.45) is -4.79. The molecular weight excluding hydrogens is 259 g/mol. The second-order valence-electron chi connectivity index (χ2n) is 2.87. The lowest BCUT2D eigenvalue weighted by Gasteiger charge is -2.01. The van der Waals surface area contributed by atoms with Crippen molar-refractivity contribution in [2.45, 2.75) is 12.7 Å². The van der Waals surface area contributed by atoms with E-state index >= 15 is 0 Å². The number of hydrogen-bond acceptors (Lipinski definition) is 5. The summed E-state index contributed by atoms with van der Waals surface area (Å²) in [5, 5.41) is 3.37. The number of imidazole rings is 1. The number of halogens is 3. The minimum atomic E-state index is -4.77. The smallest absolute Gasteiger partial charge is 0.377 e. The number of fused-ring (bicyclic) bond motifs is 1. The molecule has 0 N–H and O–H groups in total. The molecule has 0 amide bonds. The molecular formula is C8H6F3N3O2S. The Morgan fingerprint density at radius 2 is 2.35 bits per heavy atom. The van der Waals surface area contributed by atoms with Crippen LogP contribution in [0.25, 0.3) is 4.96 Å². The molecule has 0 saturated carbocycles. The van der Waals surface area contributed by atoms with Crippen molar-refractivity contribution in [2.75, 3.05) is 7.11 Å². The van der Waals surface area contributed by atoms with Crippen LogP contribution in [-0.4, -0.2) is 28.0 Å². The number of aldehydes is 1. The second-order valence-corrected chi connectivity index (χ2v) is 3.83. The molecule has 5 nitrogen and oxygen atoms in total. The van der Waals surface area contributed by atoms with E-state index in [9.17, 15) is 18.0 Å². The number of alkyl halides is 3. The lowest BCUT2D eigenvalue weighted by molar-refractivity contribution is -0.141. The highest BCUT2D eigenvalue weighted by atomic mass is 32.1. The van der Waals surface area contributed by atoms with Crippen LogP contribution >= 0.6 is 11.3 Å². The zero-order valence-electron chi connectivity index (χ0n) is 10.3. The minimum Gasteiger partial charge on any atom is -0.377 e. The van der Waals surface area contributed by atoms with E-state index in [1.807, 2.05) is 0 Å². The molecule has 0 aliphatic rings. The van der Waals surface area contributed by atoms with Gasteiger partial charge in [-0.2, -0.15) is 22.8 Å². The largest absolute Gasteiger partial charge is 0.435 e. The quantitative estimate of drug-likeness (QED) is 0.795. The van der Waals surface area contributed by atoms with Gasteiger partial charge < -0.3 is 4.74 Å². The molecule has 9 heteroatoms. The summed E-state index contributed by atoms with van der Waals surface area (Å²) in [5.74, 6) is 0. The average Bonchev–Trinajstić information content (AvgIpc) is 2.84. The number of carbonyl (C=O) groups excluding carboxylic acids is 1. The van der Waals surface area contributed by atoms with E-state index in [1.54, 1.807) is 0 Å². The van der Waals surface area contributed by atoms with Gasteiger partial charge >= 0.3 is 6.18 Å². The van der Waals surface area contributed by atoms with Gasteiger partial charge in [-0.05, 0) is 0 Å². The maximum atomic E-state index is 12.6. The Kier molecular flexibility index (Phi) is 2.29. The fourth-order valence-corrected chi connectivity index (χ4v) is 1.99. The molecule has 2 aromatic heterocycles. The summed E-state index contributed by atoms with van der Waals surface area (Å²) in [5.41, 5.74) is -2.11. The molecule has 2 rings (SSSR count). The van der Waals surface area contributed by atoms with E-state index in [2.05, 4.69) is 14.8 Å². The number of nitrogens with zero attached hydrogens (tertiary/aromatic N) is 3. The Balaban J connectivity index is 2.65. The third-order valence-electron chi connectivity index (χ3n) is 1.81. The summed E-state index contributed by atoms with van der Waals surface area (Å²) in [7, 11) is 1.09. The summed E-state index contributed by atoms with van der Waals surface area (Å²) in [6, 6.07) is 0. The van der Waals surface area contributed by atoms with Crippen LogP contribution in [-0.2, 0) is 17.5 Å². The lowest BCUT2D eigenvalue weighted by Crippen LogP contribution is -2.10. The van der Waals surface area contributed by atoms with Gasteiger partial charge in [0.05, 0.1) is 9.30 Å². The fraction of sp³-hybridized carbons (Fsp3) is 0.375. The van der Waals surface area contributed by atoms with E-state index < -0.39 is 24.1 Å². The molecule has 0 fully saturated rings. The van der Waals surface area contributed by atoms with Crippen molar-refractivity contribution in [2.24, 2.45) is 0 Å². The van der Waals surface area contributed by atoms with Gasteiger partial charge in [0.1, 0.15) is 10.7 Å². The first-order valence-corrected chi connectivity index (χ1v) is 5.00. The maximum absolute atomic E-state index is 12.6. The SMILES string of the molecule is [2H]C([2H])(OC)c1nn2c(C=O)c(C(F)(F)F)nc2s1. The lowest BCUT2D eigenvalue weighted by atomic mass is 10.3. The first-order chi connectivity index (χ1) is 8.70. The summed E-state index contributed by atoms with van der Waals surface area (Å²) in [4.78, 5) is 13.8. The number of aromatic nitrogens is 3. The minimum absolute atomic E-state index is 0.0191. The number of rotatable bonds is 3. The monoisotopic (exact) mass is 267 g/mol. The van der Waals surface area contributed by atoms with Crippen molar-refractivity contribution >= 4 is 22.6 Å². The van der Waals surface area contributed by atoms with Gasteiger partial charge in [0, 0.05) is 7.11 Å². The van der Waals surface area contributed by atoms with E-state index in [-0.39, 0.29) is 16.3 Å². The number of carbonyl (C=O) groups is 1. The number of methoxy groups -OCH3 is 1. The van der Waals surface area contributed by atoms with Crippen LogP contribution in [0.15, 0.2) is 0 Å². The molecule has 0 aliphatic carbocycles. The van der Waals surface area contributed by atoms with Crippen LogP contribution in [0, 0.1) is 0 Å². The van der Waals surface area contributed by atoms with Crippen LogP contribution < -0.4 is 0 Å². The van der Waals surface area contributed by atoms with Crippen LogP contribution in [0.3, 0.4) is 0 Å². The molecule has 0 radical (unpaired) electrons. The molecule has 2 aromatic rings. The summed E-state index contributed by atoms with van der Waals surface area (Å²) < 4.78 is 57.8. The fourth-order valence-electron chi connectivity index (χ4n) is 1.21. The van der Waals surface area contributed by atoms with Crippen molar-refractivity contribution < 1.29 is 25.4 Å². The summed E-state index contributed by atoms with van der Waals surface area (Å²) in [6.45, 7) is -2.26. The first kappa shape index (κ1) is 9.54. The summed E-state index contributed by atoms with van der Waals surface area (Å²) >= 11 is 0.577. The van der Waals surface area contributed by atoms with Gasteiger partial charge in [0.25, 0.3) is 0 Å². The molecule has 0 aromatic carbocycles. The average molecular weight is 267 g/mol. The Hall–Kier alpha value is -1.48. The first-order valence-electron chi connectivity index (χ1n) is 5.18. The van der Waals surface area contributed by atoms with Crippen LogP contribution in [0.5, 0.6) is 0 Å². The van der Waals surface area contributed by atoms with E-state index in [0.717, 1.165) is 7.11 Å². The van der Waals surface area contributed by atoms with Crippen molar-refractivity contribution in [1.82, 2.24) is 14.6 Å². The third kappa shape index (κ3) is 2.03. The van der Waals surface area contributed by atoms with E-state index in [1.165, 1.54) is 0 Å². The molecule has 17 heavy (non-hydrogen) atoms. The molecule has 0 aliphatic heterocycles. The predicted molar refractivity (Wildman–Crippen MR) is 52.0 cm³/mol. The van der Waals surface area contributed by atoms with Crippen molar-refractivity contribution in [3.05, 3.63) is 16.4 Å². The molecule has 0 spiro atoms. The second kappa shape index (κ2) is 4.08. The zero-order valence-corrected chi connectivity index (χ0v) is 9.09. The van der Waals surface area contributed by atoms with Crippen LogP contribution in [0.2, 0.25) is 0 Å². The van der Waals surface area contributed by atoms with E-state index in [0.29, 0.717) is 15.9 Å². The number of hydrogen-bond donors (Lipinski definition) is 0. The van der Waals surface area contributed by atoms with Crippen LogP contribution in [0.1, 0.15) is 23.9 Å². The molecule has 2 heterocycles. The maximum Gasteiger partial charge on any atom is 0.435 e. The van der Waals surface area contributed by atoms with Crippen molar-refractivity contribution in [3.8, 4) is 0 Å². The zero-order chi connectivity index (χ0) is 14.4. The molecule has 0 atom stereocenters. The van der Waals surface area contributed by atoms with Gasteiger partial charge in [-0.3, -0.25) is 4.79 Å². The van der Waals surface area contributed by atoms with Gasteiger partial charge in [-0.1, -0.05) is 11.3 Å². The molecule has 0 saturated heterocycles. The van der Waals surface area contributed by atoms with E-state index in [4.69, 9.17) is 2.74 Å². The molecule has 0 unspecified atom stereocenters. The van der Waals surface area contributed by atoms with Gasteiger partial charge in [-0.25, -0.2) is 4.98 Å². The van der Waals surface area contributed by atoms with Gasteiger partial charge in [-0.15, -0.1) is 0 Å². The topological polar surface area (TPSA) is 56.5 Å². The molecule has 92 valence electrons. The highest BCUT2D eigenvalue weighted by Crippen LogP contribution is 2.32. The van der Waals surface area contributed by atoms with Gasteiger partial charge in [0.2, 0.25) is 4.96 Å². The highest BCUT2D eigenvalue weighted by molar-refractivity contribution is 7.16.